The maximum absolute atomic E-state index is 10.6. The Morgan fingerprint density at radius 2 is 1.86 bits per heavy atom. The number of rotatable bonds is 6. The van der Waals surface area contributed by atoms with Crippen molar-refractivity contribution in [2.45, 2.75) is 20.0 Å². The zero-order valence-corrected chi connectivity index (χ0v) is 12.4. The number of nitrogens with one attached hydrogen (secondary N) is 1. The van der Waals surface area contributed by atoms with Crippen molar-refractivity contribution in [3.8, 4) is 5.75 Å². The summed E-state index contributed by atoms with van der Waals surface area (Å²) < 4.78 is 5.70. The van der Waals surface area contributed by atoms with E-state index in [0.29, 0.717) is 5.69 Å². The van der Waals surface area contributed by atoms with Gasteiger partial charge in [0.25, 0.3) is 5.69 Å². The molecule has 0 spiro atoms. The predicted octanol–water partition coefficient (Wildman–Crippen LogP) is 3.83. The molecule has 1 N–H and O–H groups in total. The van der Waals surface area contributed by atoms with Crippen LogP contribution in [0.15, 0.2) is 53.6 Å². The van der Waals surface area contributed by atoms with Crippen LogP contribution in [0.2, 0.25) is 0 Å². The number of para-hydroxylation sites is 1. The van der Waals surface area contributed by atoms with Crippen LogP contribution in [0.25, 0.3) is 0 Å². The lowest BCUT2D eigenvalue weighted by molar-refractivity contribution is -0.384. The average Bonchev–Trinajstić information content (AvgIpc) is 2.49. The number of nitro benzene ring substituents is 1. The molecule has 0 aliphatic rings. The molecule has 0 bridgehead atoms. The Hall–Kier alpha value is -2.89. The third-order valence-electron chi connectivity index (χ3n) is 2.76. The second-order valence-electron chi connectivity index (χ2n) is 4.88. The van der Waals surface area contributed by atoms with Gasteiger partial charge in [-0.2, -0.15) is 5.10 Å². The summed E-state index contributed by atoms with van der Waals surface area (Å²) in [5, 5.41) is 14.7. The van der Waals surface area contributed by atoms with Gasteiger partial charge < -0.3 is 4.74 Å². The molecule has 0 unspecified atom stereocenters. The Morgan fingerprint density at radius 1 is 1.18 bits per heavy atom. The number of hydrazone groups is 1. The minimum atomic E-state index is -0.438. The van der Waals surface area contributed by atoms with Gasteiger partial charge in [-0.05, 0) is 38.1 Å². The Labute approximate surface area is 128 Å². The summed E-state index contributed by atoms with van der Waals surface area (Å²) in [4.78, 5) is 10.1. The normalized spacial score (nSPS) is 10.9. The smallest absolute Gasteiger partial charge is 0.269 e. The topological polar surface area (TPSA) is 76.8 Å². The molecule has 0 saturated carbocycles. The zero-order valence-electron chi connectivity index (χ0n) is 12.4. The molecule has 2 rings (SSSR count). The maximum Gasteiger partial charge on any atom is 0.269 e. The maximum atomic E-state index is 10.6. The van der Waals surface area contributed by atoms with Crippen molar-refractivity contribution in [2.75, 3.05) is 5.43 Å². The molecule has 0 heterocycles. The van der Waals surface area contributed by atoms with E-state index in [0.717, 1.165) is 11.3 Å². The van der Waals surface area contributed by atoms with E-state index in [2.05, 4.69) is 10.5 Å². The van der Waals surface area contributed by atoms with Crippen molar-refractivity contribution < 1.29 is 9.66 Å². The summed E-state index contributed by atoms with van der Waals surface area (Å²) >= 11 is 0. The van der Waals surface area contributed by atoms with Gasteiger partial charge in [0.2, 0.25) is 0 Å². The Kier molecular flexibility index (Phi) is 5.08. The van der Waals surface area contributed by atoms with E-state index in [-0.39, 0.29) is 11.8 Å². The number of nitrogens with zero attached hydrogens (tertiary/aromatic N) is 2. The molecule has 2 aromatic carbocycles. The number of hydrogen-bond donors (Lipinski definition) is 1. The first-order chi connectivity index (χ1) is 10.6. The highest BCUT2D eigenvalue weighted by molar-refractivity contribution is 5.84. The first-order valence-corrected chi connectivity index (χ1v) is 6.85. The minimum Gasteiger partial charge on any atom is -0.490 e. The van der Waals surface area contributed by atoms with Gasteiger partial charge in [-0.15, -0.1) is 0 Å². The predicted molar refractivity (Wildman–Crippen MR) is 86.5 cm³/mol. The SMILES string of the molecule is CC(C)Oc1ccccc1/C=N/Nc1ccc([N+](=O)[O-])cc1. The van der Waals surface area contributed by atoms with Crippen LogP contribution in [-0.4, -0.2) is 17.2 Å². The summed E-state index contributed by atoms with van der Waals surface area (Å²) in [6.45, 7) is 3.92. The molecule has 2 aromatic rings. The fraction of sp³-hybridized carbons (Fsp3) is 0.188. The molecule has 22 heavy (non-hydrogen) atoms. The molecular weight excluding hydrogens is 282 g/mol. The molecule has 0 atom stereocenters. The lowest BCUT2D eigenvalue weighted by Gasteiger charge is -2.11. The van der Waals surface area contributed by atoms with Crippen LogP contribution in [0.4, 0.5) is 11.4 Å². The largest absolute Gasteiger partial charge is 0.490 e. The molecule has 0 amide bonds. The van der Waals surface area contributed by atoms with Gasteiger partial charge in [0.05, 0.1) is 22.9 Å². The molecular formula is C16H17N3O3. The monoisotopic (exact) mass is 299 g/mol. The molecule has 0 radical (unpaired) electrons. The van der Waals surface area contributed by atoms with Crippen molar-refractivity contribution in [3.63, 3.8) is 0 Å². The first-order valence-electron chi connectivity index (χ1n) is 6.85. The first kappa shape index (κ1) is 15.5. The van der Waals surface area contributed by atoms with E-state index >= 15 is 0 Å². The Balaban J connectivity index is 2.05. The van der Waals surface area contributed by atoms with Gasteiger partial charge in [0.15, 0.2) is 0 Å². The summed E-state index contributed by atoms with van der Waals surface area (Å²) in [5.41, 5.74) is 4.40. The molecule has 0 aromatic heterocycles. The average molecular weight is 299 g/mol. The number of nitro groups is 1. The van der Waals surface area contributed by atoms with E-state index in [1.54, 1.807) is 18.3 Å². The van der Waals surface area contributed by atoms with Crippen LogP contribution in [0, 0.1) is 10.1 Å². The van der Waals surface area contributed by atoms with Crippen LogP contribution in [0.5, 0.6) is 5.75 Å². The highest BCUT2D eigenvalue weighted by atomic mass is 16.6. The molecule has 0 aliphatic carbocycles. The summed E-state index contributed by atoms with van der Waals surface area (Å²) in [6.07, 6.45) is 1.73. The highest BCUT2D eigenvalue weighted by Crippen LogP contribution is 2.18. The standard InChI is InChI=1S/C16H17N3O3/c1-12(2)22-16-6-4-3-5-13(16)11-17-18-14-7-9-15(10-8-14)19(20)21/h3-12,18H,1-2H3/b17-11+. The molecule has 0 fully saturated rings. The van der Waals surface area contributed by atoms with Gasteiger partial charge in [-0.25, -0.2) is 0 Å². The third-order valence-corrected chi connectivity index (χ3v) is 2.76. The van der Waals surface area contributed by atoms with Gasteiger partial charge >= 0.3 is 0 Å². The van der Waals surface area contributed by atoms with Crippen molar-refractivity contribution >= 4 is 17.6 Å². The van der Waals surface area contributed by atoms with E-state index in [9.17, 15) is 10.1 Å². The number of anilines is 1. The van der Waals surface area contributed by atoms with Crippen LogP contribution < -0.4 is 10.2 Å². The highest BCUT2D eigenvalue weighted by Gasteiger charge is 2.04. The Bertz CT molecular complexity index is 667. The van der Waals surface area contributed by atoms with Crippen molar-refractivity contribution in [3.05, 3.63) is 64.2 Å². The quantitative estimate of drug-likeness (QED) is 0.499. The number of non-ortho nitro benzene ring substituents is 1. The van der Waals surface area contributed by atoms with Gasteiger partial charge in [0, 0.05) is 17.7 Å². The third kappa shape index (κ3) is 4.31. The summed E-state index contributed by atoms with van der Waals surface area (Å²) in [7, 11) is 0. The van der Waals surface area contributed by atoms with Crippen molar-refractivity contribution in [2.24, 2.45) is 5.10 Å². The van der Waals surface area contributed by atoms with Crippen LogP contribution in [0.1, 0.15) is 19.4 Å². The zero-order chi connectivity index (χ0) is 15.9. The van der Waals surface area contributed by atoms with Gasteiger partial charge in [-0.1, -0.05) is 12.1 Å². The fourth-order valence-corrected chi connectivity index (χ4v) is 1.78. The van der Waals surface area contributed by atoms with Crippen LogP contribution in [0.3, 0.4) is 0 Å². The molecule has 114 valence electrons. The Morgan fingerprint density at radius 3 is 2.50 bits per heavy atom. The van der Waals surface area contributed by atoms with E-state index in [1.165, 1.54) is 12.1 Å². The molecule has 6 heteroatoms. The van der Waals surface area contributed by atoms with E-state index in [4.69, 9.17) is 4.74 Å². The second-order valence-corrected chi connectivity index (χ2v) is 4.88. The second kappa shape index (κ2) is 7.21. The van der Waals surface area contributed by atoms with Crippen molar-refractivity contribution in [1.82, 2.24) is 0 Å². The van der Waals surface area contributed by atoms with E-state index < -0.39 is 4.92 Å². The fourth-order valence-electron chi connectivity index (χ4n) is 1.78. The van der Waals surface area contributed by atoms with Crippen LogP contribution in [-0.2, 0) is 0 Å². The number of hydrogen-bond acceptors (Lipinski definition) is 5. The summed E-state index contributed by atoms with van der Waals surface area (Å²) in [5.74, 6) is 0.756. The summed E-state index contributed by atoms with van der Waals surface area (Å²) in [6, 6.07) is 13.6. The van der Waals surface area contributed by atoms with Gasteiger partial charge in [-0.3, -0.25) is 15.5 Å². The lowest BCUT2D eigenvalue weighted by atomic mass is 10.2. The van der Waals surface area contributed by atoms with Gasteiger partial charge in [0.1, 0.15) is 5.75 Å². The lowest BCUT2D eigenvalue weighted by Crippen LogP contribution is -2.07. The molecule has 0 saturated heterocycles. The van der Waals surface area contributed by atoms with Crippen molar-refractivity contribution in [1.29, 1.82) is 0 Å². The molecule has 6 nitrogen and oxygen atoms in total. The van der Waals surface area contributed by atoms with E-state index in [1.807, 2.05) is 38.1 Å². The number of ether oxygens (including phenoxy) is 1. The molecule has 0 aliphatic heterocycles. The number of benzene rings is 2. The minimum absolute atomic E-state index is 0.0465. The van der Waals surface area contributed by atoms with Crippen LogP contribution >= 0.6 is 0 Å².